The predicted molar refractivity (Wildman–Crippen MR) is 185 cm³/mol. The zero-order chi connectivity index (χ0) is 34.7. The predicted octanol–water partition coefficient (Wildman–Crippen LogP) is 5.01. The lowest BCUT2D eigenvalue weighted by Crippen LogP contribution is -2.47. The number of anilines is 5. The summed E-state index contributed by atoms with van der Waals surface area (Å²) in [6.45, 7) is 13.0. The summed E-state index contributed by atoms with van der Waals surface area (Å²) in [5.41, 5.74) is 5.59. The topological polar surface area (TPSA) is 110 Å². The Bertz CT molecular complexity index is 1780. The normalized spacial score (nSPS) is 16.5. The number of piperazine rings is 2. The van der Waals surface area contributed by atoms with E-state index in [9.17, 15) is 18.0 Å². The monoisotopic (exact) mass is 677 g/mol. The third-order valence-electron chi connectivity index (χ3n) is 8.93. The van der Waals surface area contributed by atoms with Crippen molar-refractivity contribution in [3.63, 3.8) is 0 Å². The smallest absolute Gasteiger partial charge is 0.369 e. The molecule has 6 rings (SSSR count). The van der Waals surface area contributed by atoms with Gasteiger partial charge in [-0.05, 0) is 63.3 Å². The minimum Gasteiger partial charge on any atom is -0.369 e. The molecular weight excluding hydrogens is 635 g/mol. The molecule has 0 atom stereocenters. The molecule has 2 saturated heterocycles. The van der Waals surface area contributed by atoms with E-state index < -0.39 is 17.6 Å². The summed E-state index contributed by atoms with van der Waals surface area (Å²) >= 11 is 0. The first-order chi connectivity index (χ1) is 23.4. The summed E-state index contributed by atoms with van der Waals surface area (Å²) in [6, 6.07) is 12.6. The molecule has 12 nitrogen and oxygen atoms in total. The molecule has 15 heteroatoms. The fourth-order valence-corrected chi connectivity index (χ4v) is 5.95. The number of benzene rings is 2. The molecule has 4 aromatic rings. The molecule has 2 aromatic carbocycles. The van der Waals surface area contributed by atoms with Crippen molar-refractivity contribution in [1.29, 1.82) is 0 Å². The van der Waals surface area contributed by atoms with E-state index in [1.165, 1.54) is 12.4 Å². The second-order valence-corrected chi connectivity index (χ2v) is 12.5. The van der Waals surface area contributed by atoms with E-state index in [1.54, 1.807) is 16.8 Å². The van der Waals surface area contributed by atoms with Crippen molar-refractivity contribution >= 4 is 34.6 Å². The van der Waals surface area contributed by atoms with Crippen LogP contribution in [0.25, 0.3) is 5.82 Å². The van der Waals surface area contributed by atoms with Gasteiger partial charge in [0, 0.05) is 87.1 Å². The second-order valence-electron chi connectivity index (χ2n) is 12.5. The van der Waals surface area contributed by atoms with Gasteiger partial charge in [-0.2, -0.15) is 23.0 Å². The number of amides is 1. The van der Waals surface area contributed by atoms with Gasteiger partial charge in [0.1, 0.15) is 18.0 Å². The highest BCUT2D eigenvalue weighted by molar-refractivity contribution is 6.05. The zero-order valence-electron chi connectivity index (χ0n) is 28.2. The summed E-state index contributed by atoms with van der Waals surface area (Å²) in [7, 11) is 2.10. The number of carbonyl (C=O) groups excluding carboxylic acids is 1. The van der Waals surface area contributed by atoms with Gasteiger partial charge < -0.3 is 30.8 Å². The van der Waals surface area contributed by atoms with Crippen LogP contribution < -0.4 is 21.0 Å². The van der Waals surface area contributed by atoms with Crippen molar-refractivity contribution in [2.24, 2.45) is 0 Å². The number of hydrogen-bond acceptors (Lipinski definition) is 10. The quantitative estimate of drug-likeness (QED) is 0.224. The molecule has 2 aliphatic heterocycles. The third-order valence-corrected chi connectivity index (χ3v) is 8.93. The van der Waals surface area contributed by atoms with Crippen LogP contribution in [-0.2, 0) is 6.18 Å². The molecule has 0 bridgehead atoms. The van der Waals surface area contributed by atoms with Gasteiger partial charge in [-0.25, -0.2) is 15.0 Å². The Balaban J connectivity index is 1.20. The lowest BCUT2D eigenvalue weighted by molar-refractivity contribution is -0.137. The maximum absolute atomic E-state index is 13.9. The highest BCUT2D eigenvalue weighted by Crippen LogP contribution is 2.34. The number of likely N-dealkylation sites (N-methyl/N-ethyl adjacent to an activating group) is 2. The van der Waals surface area contributed by atoms with Gasteiger partial charge in [-0.1, -0.05) is 13.0 Å². The largest absolute Gasteiger partial charge is 0.416 e. The molecule has 0 spiro atoms. The van der Waals surface area contributed by atoms with Crippen molar-refractivity contribution in [2.45, 2.75) is 26.9 Å². The Kier molecular flexibility index (Phi) is 10.0. The number of aromatic nitrogens is 4. The van der Waals surface area contributed by atoms with E-state index >= 15 is 0 Å². The van der Waals surface area contributed by atoms with E-state index in [2.05, 4.69) is 59.9 Å². The van der Waals surface area contributed by atoms with E-state index in [0.29, 0.717) is 47.6 Å². The Morgan fingerprint density at radius 3 is 2.37 bits per heavy atom. The Morgan fingerprint density at radius 1 is 0.898 bits per heavy atom. The van der Waals surface area contributed by atoms with E-state index in [0.717, 1.165) is 69.2 Å². The fraction of sp³-hybridized carbons (Fsp3) is 0.412. The van der Waals surface area contributed by atoms with Crippen LogP contribution in [0.15, 0.2) is 54.9 Å². The molecular formula is C34H42F3N11O. The summed E-state index contributed by atoms with van der Waals surface area (Å²) in [6.07, 6.45) is -3.11. The molecule has 0 saturated carbocycles. The highest BCUT2D eigenvalue weighted by atomic mass is 19.4. The molecule has 3 N–H and O–H groups in total. The number of aryl methyl sites for hydroxylation is 2. The molecule has 2 aliphatic rings. The Morgan fingerprint density at radius 2 is 1.65 bits per heavy atom. The van der Waals surface area contributed by atoms with Crippen molar-refractivity contribution in [2.75, 3.05) is 86.9 Å². The van der Waals surface area contributed by atoms with Gasteiger partial charge in [-0.15, -0.1) is 0 Å². The molecule has 2 fully saturated rings. The van der Waals surface area contributed by atoms with Crippen molar-refractivity contribution in [3.05, 3.63) is 77.2 Å². The Labute approximate surface area is 283 Å². The van der Waals surface area contributed by atoms with Gasteiger partial charge in [0.2, 0.25) is 0 Å². The van der Waals surface area contributed by atoms with Crippen LogP contribution in [0.4, 0.5) is 41.9 Å². The molecule has 2 aromatic heterocycles. The number of hydrogen-bond donors (Lipinski definition) is 3. The number of alkyl halides is 3. The standard InChI is InChI=1S/C34H42F3N11O/c1-5-45-10-12-46(13-11-45)28-18-25(17-26(19-28)34(35,36)37)33(49)40-27-7-6-23(2)29(20-27)41-32-16-24(3)42-48(32)31-21-30(38-22-39-31)43-47-14-8-44(4)9-15-47/h6-7,16-22,41H,5,8-15H2,1-4H3,(H,40,49)(H,38,39,43). The number of rotatable bonds is 9. The van der Waals surface area contributed by atoms with Crippen LogP contribution in [0.3, 0.4) is 0 Å². The number of hydrazine groups is 1. The van der Waals surface area contributed by atoms with Gasteiger partial charge in [0.05, 0.1) is 11.3 Å². The minimum absolute atomic E-state index is 0.0590. The highest BCUT2D eigenvalue weighted by Gasteiger charge is 2.33. The van der Waals surface area contributed by atoms with Crippen molar-refractivity contribution in [1.82, 2.24) is 34.6 Å². The number of carbonyl (C=O) groups is 1. The second kappa shape index (κ2) is 14.4. The summed E-state index contributed by atoms with van der Waals surface area (Å²) in [5.74, 6) is 1.21. The molecule has 260 valence electrons. The van der Waals surface area contributed by atoms with Crippen LogP contribution in [0, 0.1) is 13.8 Å². The lowest BCUT2D eigenvalue weighted by atomic mass is 10.1. The van der Waals surface area contributed by atoms with Crippen LogP contribution in [0.5, 0.6) is 0 Å². The maximum Gasteiger partial charge on any atom is 0.416 e. The van der Waals surface area contributed by atoms with Crippen LogP contribution in [-0.4, -0.2) is 106 Å². The maximum atomic E-state index is 13.9. The van der Waals surface area contributed by atoms with Crippen molar-refractivity contribution in [3.8, 4) is 5.82 Å². The number of nitrogens with zero attached hydrogens (tertiary/aromatic N) is 8. The molecule has 49 heavy (non-hydrogen) atoms. The van der Waals surface area contributed by atoms with E-state index in [1.807, 2.05) is 36.9 Å². The summed E-state index contributed by atoms with van der Waals surface area (Å²) in [4.78, 5) is 28.7. The SMILES string of the molecule is CCN1CCN(c2cc(C(=O)Nc3ccc(C)c(Nc4cc(C)nn4-c4cc(NN5CCN(C)CC5)ncn4)c3)cc(C(F)(F)F)c2)CC1. The van der Waals surface area contributed by atoms with Gasteiger partial charge in [-0.3, -0.25) is 4.79 Å². The van der Waals surface area contributed by atoms with Gasteiger partial charge in [0.25, 0.3) is 5.91 Å². The van der Waals surface area contributed by atoms with E-state index in [-0.39, 0.29) is 5.56 Å². The van der Waals surface area contributed by atoms with Crippen LogP contribution >= 0.6 is 0 Å². The van der Waals surface area contributed by atoms with Gasteiger partial charge >= 0.3 is 6.18 Å². The first-order valence-electron chi connectivity index (χ1n) is 16.4. The minimum atomic E-state index is -4.59. The average molecular weight is 678 g/mol. The number of nitrogens with one attached hydrogen (secondary N) is 3. The summed E-state index contributed by atoms with van der Waals surface area (Å²) in [5, 5.41) is 13.0. The number of halogens is 3. The van der Waals surface area contributed by atoms with Crippen LogP contribution in [0.1, 0.15) is 34.1 Å². The third kappa shape index (κ3) is 8.29. The first-order valence-corrected chi connectivity index (χ1v) is 16.4. The van der Waals surface area contributed by atoms with Crippen LogP contribution in [0.2, 0.25) is 0 Å². The lowest BCUT2D eigenvalue weighted by Gasteiger charge is -2.36. The Hall–Kier alpha value is -4.73. The molecule has 4 heterocycles. The molecule has 1 amide bonds. The van der Waals surface area contributed by atoms with Gasteiger partial charge in [0.15, 0.2) is 5.82 Å². The fourth-order valence-electron chi connectivity index (χ4n) is 5.95. The first kappa shape index (κ1) is 34.1. The summed E-state index contributed by atoms with van der Waals surface area (Å²) < 4.78 is 43.5. The average Bonchev–Trinajstić information content (AvgIpc) is 3.46. The van der Waals surface area contributed by atoms with Crippen molar-refractivity contribution < 1.29 is 18.0 Å². The molecule has 0 radical (unpaired) electrons. The molecule has 0 unspecified atom stereocenters. The van der Waals surface area contributed by atoms with E-state index in [4.69, 9.17) is 0 Å². The molecule has 0 aliphatic carbocycles. The zero-order valence-corrected chi connectivity index (χ0v) is 28.2.